The molecule has 3 fully saturated rings. The van der Waals surface area contributed by atoms with Crippen molar-refractivity contribution < 1.29 is 41.0 Å². The maximum atomic E-state index is 13.5. The number of amides is 1. The smallest absolute Gasteiger partial charge is 0.402 e. The molecule has 0 spiro atoms. The lowest BCUT2D eigenvalue weighted by Gasteiger charge is -2.42. The molecule has 36 heavy (non-hydrogen) atoms. The van der Waals surface area contributed by atoms with Gasteiger partial charge in [0.15, 0.2) is 5.92 Å². The van der Waals surface area contributed by atoms with Gasteiger partial charge in [-0.2, -0.15) is 26.3 Å². The fourth-order valence-corrected chi connectivity index (χ4v) is 5.93. The number of benzene rings is 1. The predicted molar refractivity (Wildman–Crippen MR) is 117 cm³/mol. The monoisotopic (exact) mass is 542 g/mol. The summed E-state index contributed by atoms with van der Waals surface area (Å²) in [6.07, 6.45) is -11.2. The van der Waals surface area contributed by atoms with Crippen molar-refractivity contribution in [2.45, 2.75) is 43.9 Å². The molecule has 14 heteroatoms. The van der Waals surface area contributed by atoms with Crippen molar-refractivity contribution in [3.63, 3.8) is 0 Å². The van der Waals surface area contributed by atoms with E-state index < -0.39 is 48.2 Å². The van der Waals surface area contributed by atoms with Crippen LogP contribution in [0.3, 0.4) is 0 Å². The molecular weight excluding hydrogens is 518 g/mol. The second kappa shape index (κ2) is 9.56. The molecule has 3 heterocycles. The average molecular weight is 543 g/mol. The Hall–Kier alpha value is -2.25. The molecule has 0 saturated carbocycles. The molecule has 0 radical (unpaired) electrons. The minimum absolute atomic E-state index is 0.0219. The predicted octanol–water partition coefficient (Wildman–Crippen LogP) is 2.88. The maximum absolute atomic E-state index is 13.5. The topological polar surface area (TPSA) is 84.9 Å². The van der Waals surface area contributed by atoms with Crippen LogP contribution in [0.2, 0.25) is 5.02 Å². The van der Waals surface area contributed by atoms with Crippen molar-refractivity contribution in [2.24, 2.45) is 17.8 Å². The maximum Gasteiger partial charge on any atom is 0.402 e. The number of alkyl halides is 6. The van der Waals surface area contributed by atoms with Gasteiger partial charge >= 0.3 is 18.3 Å². The van der Waals surface area contributed by atoms with E-state index in [2.05, 4.69) is 10.6 Å². The number of hydrogen-bond donors (Lipinski definition) is 3. The van der Waals surface area contributed by atoms with Crippen LogP contribution >= 0.6 is 11.6 Å². The quantitative estimate of drug-likeness (QED) is 0.480. The summed E-state index contributed by atoms with van der Waals surface area (Å²) in [6, 6.07) is 1.45. The molecule has 7 nitrogen and oxygen atoms in total. The summed E-state index contributed by atoms with van der Waals surface area (Å²) >= 11 is 6.16. The number of carboxylic acids is 1. The first-order valence-electron chi connectivity index (χ1n) is 11.3. The van der Waals surface area contributed by atoms with Crippen molar-refractivity contribution in [3.05, 3.63) is 28.8 Å². The molecule has 1 aromatic carbocycles. The number of hydrogen-bond acceptors (Lipinski definition) is 5. The molecule has 3 aliphatic rings. The van der Waals surface area contributed by atoms with Crippen molar-refractivity contribution in [1.82, 2.24) is 15.5 Å². The van der Waals surface area contributed by atoms with E-state index in [1.165, 1.54) is 6.92 Å². The van der Waals surface area contributed by atoms with Gasteiger partial charge in [0.2, 0.25) is 5.91 Å². The molecule has 4 rings (SSSR count). The van der Waals surface area contributed by atoms with Crippen LogP contribution in [0.4, 0.5) is 32.0 Å². The summed E-state index contributed by atoms with van der Waals surface area (Å²) in [7, 11) is 0. The first-order valence-corrected chi connectivity index (χ1v) is 11.7. The van der Waals surface area contributed by atoms with Crippen molar-refractivity contribution in [3.8, 4) is 0 Å². The molecule has 0 aromatic heterocycles. The van der Waals surface area contributed by atoms with Crippen LogP contribution in [0.25, 0.3) is 0 Å². The van der Waals surface area contributed by atoms with Crippen LogP contribution in [0.5, 0.6) is 0 Å². The number of rotatable bonds is 6. The highest BCUT2D eigenvalue weighted by atomic mass is 35.5. The van der Waals surface area contributed by atoms with Gasteiger partial charge in [-0.15, -0.1) is 0 Å². The Morgan fingerprint density at radius 1 is 1.11 bits per heavy atom. The Morgan fingerprint density at radius 2 is 1.72 bits per heavy atom. The van der Waals surface area contributed by atoms with Gasteiger partial charge in [0.1, 0.15) is 6.04 Å². The molecule has 4 atom stereocenters. The summed E-state index contributed by atoms with van der Waals surface area (Å²) < 4.78 is 80.8. The van der Waals surface area contributed by atoms with Gasteiger partial charge in [-0.25, -0.2) is 0 Å². The van der Waals surface area contributed by atoms with E-state index in [9.17, 15) is 41.0 Å². The molecular formula is C22H25ClF6N4O3. The van der Waals surface area contributed by atoms with E-state index >= 15 is 0 Å². The Labute approximate surface area is 207 Å². The van der Waals surface area contributed by atoms with E-state index in [4.69, 9.17) is 11.6 Å². The highest BCUT2D eigenvalue weighted by molar-refractivity contribution is 6.30. The molecule has 1 amide bonds. The van der Waals surface area contributed by atoms with Gasteiger partial charge < -0.3 is 20.6 Å². The minimum atomic E-state index is -5.58. The summed E-state index contributed by atoms with van der Waals surface area (Å²) in [5.74, 6) is -7.39. The van der Waals surface area contributed by atoms with Gasteiger partial charge in [-0.05, 0) is 29.7 Å². The Balaban J connectivity index is 1.54. The zero-order valence-electron chi connectivity index (χ0n) is 19.0. The molecule has 4 unspecified atom stereocenters. The number of carboxylic acid groups (broad SMARTS) is 1. The lowest BCUT2D eigenvalue weighted by molar-refractivity contribution is -0.293. The standard InChI is InChI=1S/C22H25ClF6N4O3/c1-10(34)30-13-6-33(7-13)16-3-2-12(23)4-11(16)5-32-8-14-15(9-32)18(20(35)36)31-17(14)19(21(24,25)26)22(27,28)29/h2-4,13-15,17-19,31H,5-9H2,1H3,(H,30,34)(H,35,36). The third-order valence-corrected chi connectivity index (χ3v) is 7.38. The van der Waals surface area contributed by atoms with Crippen LogP contribution in [0.15, 0.2) is 18.2 Å². The molecule has 3 aliphatic heterocycles. The lowest BCUT2D eigenvalue weighted by Crippen LogP contribution is -2.59. The molecule has 3 N–H and O–H groups in total. The minimum Gasteiger partial charge on any atom is -0.480 e. The van der Waals surface area contributed by atoms with Crippen LogP contribution in [0, 0.1) is 17.8 Å². The fraction of sp³-hybridized carbons (Fsp3) is 0.636. The number of halogens is 7. The lowest BCUT2D eigenvalue weighted by atomic mass is 9.84. The number of carbonyl (C=O) groups excluding carboxylic acids is 1. The number of anilines is 1. The number of aliphatic carboxylic acids is 1. The SMILES string of the molecule is CC(=O)NC1CN(c2ccc(Cl)cc2CN2CC3C(C(=O)O)NC(C(C(F)(F)F)C(F)(F)F)C3C2)C1. The average Bonchev–Trinajstić information content (AvgIpc) is 3.22. The van der Waals surface area contributed by atoms with Crippen molar-refractivity contribution in [1.29, 1.82) is 0 Å². The molecule has 0 aliphatic carbocycles. The van der Waals surface area contributed by atoms with Crippen LogP contribution in [-0.4, -0.2) is 78.5 Å². The van der Waals surface area contributed by atoms with E-state index in [0.717, 1.165) is 5.69 Å². The van der Waals surface area contributed by atoms with Gasteiger partial charge in [0.05, 0.1) is 6.04 Å². The number of carbonyl (C=O) groups is 2. The molecule has 200 valence electrons. The third-order valence-electron chi connectivity index (χ3n) is 7.14. The highest BCUT2D eigenvalue weighted by Gasteiger charge is 2.66. The normalized spacial score (nSPS) is 27.3. The molecule has 3 saturated heterocycles. The number of nitrogens with zero attached hydrogens (tertiary/aromatic N) is 2. The van der Waals surface area contributed by atoms with Crippen LogP contribution in [-0.2, 0) is 16.1 Å². The first kappa shape index (κ1) is 26.8. The second-order valence-corrected chi connectivity index (χ2v) is 10.1. The van der Waals surface area contributed by atoms with Crippen LogP contribution < -0.4 is 15.5 Å². The number of nitrogens with one attached hydrogen (secondary N) is 2. The van der Waals surface area contributed by atoms with E-state index in [1.807, 2.05) is 4.90 Å². The summed E-state index contributed by atoms with van der Waals surface area (Å²) in [6.45, 7) is 2.54. The zero-order chi connectivity index (χ0) is 26.6. The number of fused-ring (bicyclic) bond motifs is 1. The van der Waals surface area contributed by atoms with E-state index in [-0.39, 0.29) is 31.6 Å². The van der Waals surface area contributed by atoms with Gasteiger partial charge in [0, 0.05) is 62.3 Å². The van der Waals surface area contributed by atoms with Gasteiger partial charge in [0.25, 0.3) is 0 Å². The Morgan fingerprint density at radius 3 is 2.28 bits per heavy atom. The first-order chi connectivity index (χ1) is 16.6. The molecule has 1 aromatic rings. The summed E-state index contributed by atoms with van der Waals surface area (Å²) in [5.41, 5.74) is 1.49. The Bertz CT molecular complexity index is 1000. The van der Waals surface area contributed by atoms with Crippen LogP contribution in [0.1, 0.15) is 12.5 Å². The second-order valence-electron chi connectivity index (χ2n) is 9.67. The van der Waals surface area contributed by atoms with Crippen molar-refractivity contribution >= 4 is 29.2 Å². The van der Waals surface area contributed by atoms with Crippen molar-refractivity contribution in [2.75, 3.05) is 31.1 Å². The summed E-state index contributed by atoms with van der Waals surface area (Å²) in [5, 5.41) is 14.9. The highest BCUT2D eigenvalue weighted by Crippen LogP contribution is 2.49. The number of likely N-dealkylation sites (tertiary alicyclic amines) is 1. The van der Waals surface area contributed by atoms with E-state index in [1.54, 1.807) is 23.1 Å². The Kier molecular flexibility index (Phi) is 7.12. The fourth-order valence-electron chi connectivity index (χ4n) is 5.73. The van der Waals surface area contributed by atoms with Gasteiger partial charge in [-0.1, -0.05) is 11.6 Å². The van der Waals surface area contributed by atoms with E-state index in [0.29, 0.717) is 23.7 Å². The summed E-state index contributed by atoms with van der Waals surface area (Å²) in [4.78, 5) is 26.6. The van der Waals surface area contributed by atoms with Gasteiger partial charge in [-0.3, -0.25) is 14.5 Å². The largest absolute Gasteiger partial charge is 0.480 e. The third kappa shape index (κ3) is 5.37. The molecule has 0 bridgehead atoms. The zero-order valence-corrected chi connectivity index (χ0v) is 19.8.